The van der Waals surface area contributed by atoms with Gasteiger partial charge in [-0.2, -0.15) is 0 Å². The zero-order valence-corrected chi connectivity index (χ0v) is 17.6. The first-order chi connectivity index (χ1) is 15.6. The number of anilines is 1. The Kier molecular flexibility index (Phi) is 6.62. The molecule has 0 unspecified atom stereocenters. The Bertz CT molecular complexity index is 1230. The summed E-state index contributed by atoms with van der Waals surface area (Å²) in [6.07, 6.45) is 2.75. The lowest BCUT2D eigenvalue weighted by Crippen LogP contribution is -2.22. The van der Waals surface area contributed by atoms with Crippen LogP contribution in [0.2, 0.25) is 0 Å². The second-order valence-electron chi connectivity index (χ2n) is 6.66. The molecule has 4 rings (SSSR count). The smallest absolute Gasteiger partial charge is 0.357 e. The summed E-state index contributed by atoms with van der Waals surface area (Å²) in [5, 5.41) is 2.78. The van der Waals surface area contributed by atoms with Crippen LogP contribution >= 0.6 is 11.8 Å². The van der Waals surface area contributed by atoms with Crippen LogP contribution in [0.3, 0.4) is 0 Å². The molecule has 0 fully saturated rings. The van der Waals surface area contributed by atoms with Crippen LogP contribution in [0.5, 0.6) is 0 Å². The molecule has 0 radical (unpaired) electrons. The monoisotopic (exact) mass is 447 g/mol. The van der Waals surface area contributed by atoms with Crippen molar-refractivity contribution in [1.82, 2.24) is 9.55 Å². The highest BCUT2D eigenvalue weighted by Gasteiger charge is 2.17. The van der Waals surface area contributed by atoms with E-state index in [0.29, 0.717) is 11.4 Å². The number of ether oxygens (including phenoxy) is 1. The van der Waals surface area contributed by atoms with Gasteiger partial charge in [0, 0.05) is 15.5 Å². The van der Waals surface area contributed by atoms with Crippen molar-refractivity contribution in [3.05, 3.63) is 103 Å². The molecule has 1 aromatic heterocycles. The van der Waals surface area contributed by atoms with E-state index in [1.165, 1.54) is 53.1 Å². The number of rotatable bonds is 7. The molecule has 6 nitrogen and oxygen atoms in total. The van der Waals surface area contributed by atoms with Gasteiger partial charge in [-0.05, 0) is 48.5 Å². The van der Waals surface area contributed by atoms with Crippen LogP contribution in [-0.4, -0.2) is 28.0 Å². The number of benzene rings is 3. The Morgan fingerprint density at radius 3 is 2.47 bits per heavy atom. The quantitative estimate of drug-likeness (QED) is 0.406. The molecule has 0 aliphatic heterocycles. The van der Waals surface area contributed by atoms with Gasteiger partial charge < -0.3 is 10.1 Å². The number of aromatic nitrogens is 2. The SMILES string of the molecule is O=C(COC(=O)c1cncn1-c1ccc(F)cc1)Nc1ccccc1Sc1ccccc1. The molecule has 4 aromatic rings. The number of halogens is 1. The molecule has 0 saturated carbocycles. The van der Waals surface area contributed by atoms with Gasteiger partial charge in [-0.25, -0.2) is 14.2 Å². The average molecular weight is 447 g/mol. The number of hydrogen-bond donors (Lipinski definition) is 1. The Balaban J connectivity index is 1.39. The van der Waals surface area contributed by atoms with Crippen LogP contribution < -0.4 is 5.32 Å². The number of nitrogens with one attached hydrogen (secondary N) is 1. The molecule has 0 spiro atoms. The van der Waals surface area contributed by atoms with Gasteiger partial charge in [0.25, 0.3) is 5.91 Å². The second kappa shape index (κ2) is 9.93. The topological polar surface area (TPSA) is 73.2 Å². The summed E-state index contributed by atoms with van der Waals surface area (Å²) in [6.45, 7) is -0.461. The van der Waals surface area contributed by atoms with E-state index in [4.69, 9.17) is 4.74 Å². The molecule has 3 aromatic carbocycles. The molecule has 0 aliphatic carbocycles. The van der Waals surface area contributed by atoms with Gasteiger partial charge >= 0.3 is 5.97 Å². The first-order valence-electron chi connectivity index (χ1n) is 9.67. The highest BCUT2D eigenvalue weighted by Crippen LogP contribution is 2.33. The van der Waals surface area contributed by atoms with Crippen molar-refractivity contribution in [2.75, 3.05) is 11.9 Å². The van der Waals surface area contributed by atoms with E-state index in [1.54, 1.807) is 6.07 Å². The summed E-state index contributed by atoms with van der Waals surface area (Å²) < 4.78 is 19.8. The minimum Gasteiger partial charge on any atom is -0.451 e. The molecule has 8 heteroatoms. The number of carbonyl (C=O) groups excluding carboxylic acids is 2. The van der Waals surface area contributed by atoms with Gasteiger partial charge in [-0.1, -0.05) is 42.1 Å². The molecule has 160 valence electrons. The number of para-hydroxylation sites is 1. The predicted octanol–water partition coefficient (Wildman–Crippen LogP) is 4.96. The van der Waals surface area contributed by atoms with E-state index < -0.39 is 18.5 Å². The summed E-state index contributed by atoms with van der Waals surface area (Å²) >= 11 is 1.52. The normalized spacial score (nSPS) is 10.5. The van der Waals surface area contributed by atoms with Gasteiger partial charge in [0.15, 0.2) is 12.3 Å². The van der Waals surface area contributed by atoms with Gasteiger partial charge in [0.2, 0.25) is 0 Å². The van der Waals surface area contributed by atoms with Crippen molar-refractivity contribution < 1.29 is 18.7 Å². The first kappa shape index (κ1) is 21.3. The highest BCUT2D eigenvalue weighted by atomic mass is 32.2. The molecule has 0 bridgehead atoms. The largest absolute Gasteiger partial charge is 0.451 e. The molecule has 0 aliphatic rings. The van der Waals surface area contributed by atoms with Crippen molar-refractivity contribution in [1.29, 1.82) is 0 Å². The van der Waals surface area contributed by atoms with Gasteiger partial charge in [0.05, 0.1) is 18.2 Å². The van der Waals surface area contributed by atoms with Crippen LogP contribution in [0.25, 0.3) is 5.69 Å². The van der Waals surface area contributed by atoms with Crippen LogP contribution in [0.4, 0.5) is 10.1 Å². The van der Waals surface area contributed by atoms with Crippen LogP contribution in [0.1, 0.15) is 10.5 Å². The molecular formula is C24H18FN3O3S. The standard InChI is InChI=1S/C24H18FN3O3S/c25-17-10-12-18(13-11-17)28-16-26-14-21(28)24(30)31-15-23(29)27-20-8-4-5-9-22(20)32-19-6-2-1-3-7-19/h1-14,16H,15H2,(H,27,29). The van der Waals surface area contributed by atoms with Crippen molar-refractivity contribution in [2.24, 2.45) is 0 Å². The number of nitrogens with zero attached hydrogens (tertiary/aromatic N) is 2. The molecule has 0 atom stereocenters. The fourth-order valence-corrected chi connectivity index (χ4v) is 3.84. The molecular weight excluding hydrogens is 429 g/mol. The van der Waals surface area contributed by atoms with E-state index in [2.05, 4.69) is 10.3 Å². The summed E-state index contributed by atoms with van der Waals surface area (Å²) in [6, 6.07) is 22.8. The number of imidazole rings is 1. The lowest BCUT2D eigenvalue weighted by atomic mass is 10.3. The first-order valence-corrected chi connectivity index (χ1v) is 10.5. The van der Waals surface area contributed by atoms with Crippen LogP contribution in [-0.2, 0) is 9.53 Å². The summed E-state index contributed by atoms with van der Waals surface area (Å²) in [4.78, 5) is 30.8. The Morgan fingerprint density at radius 2 is 1.69 bits per heavy atom. The fraction of sp³-hybridized carbons (Fsp3) is 0.0417. The summed E-state index contributed by atoms with van der Waals surface area (Å²) in [5.41, 5.74) is 1.30. The average Bonchev–Trinajstić information content (AvgIpc) is 3.30. The highest BCUT2D eigenvalue weighted by molar-refractivity contribution is 7.99. The summed E-state index contributed by atoms with van der Waals surface area (Å²) in [7, 11) is 0. The lowest BCUT2D eigenvalue weighted by molar-refractivity contribution is -0.119. The maximum atomic E-state index is 13.2. The van der Waals surface area contributed by atoms with E-state index in [0.717, 1.165) is 9.79 Å². The molecule has 1 heterocycles. The molecule has 32 heavy (non-hydrogen) atoms. The Labute approximate surface area is 188 Å². The Morgan fingerprint density at radius 1 is 0.969 bits per heavy atom. The van der Waals surface area contributed by atoms with Gasteiger partial charge in [-0.3, -0.25) is 9.36 Å². The number of esters is 1. The van der Waals surface area contributed by atoms with E-state index in [9.17, 15) is 14.0 Å². The maximum absolute atomic E-state index is 13.2. The minimum atomic E-state index is -0.714. The van der Waals surface area contributed by atoms with Crippen molar-refractivity contribution >= 4 is 29.3 Å². The van der Waals surface area contributed by atoms with E-state index in [1.807, 2.05) is 48.5 Å². The maximum Gasteiger partial charge on any atom is 0.357 e. The molecule has 1 amide bonds. The number of hydrogen-bond acceptors (Lipinski definition) is 5. The molecule has 0 saturated heterocycles. The number of carbonyl (C=O) groups is 2. The zero-order valence-electron chi connectivity index (χ0n) is 16.8. The predicted molar refractivity (Wildman–Crippen MR) is 119 cm³/mol. The third-order valence-electron chi connectivity index (χ3n) is 4.42. The van der Waals surface area contributed by atoms with Crippen LogP contribution in [0, 0.1) is 5.82 Å². The fourth-order valence-electron chi connectivity index (χ4n) is 2.92. The van der Waals surface area contributed by atoms with Crippen molar-refractivity contribution in [2.45, 2.75) is 9.79 Å². The lowest BCUT2D eigenvalue weighted by Gasteiger charge is -2.11. The number of amides is 1. The van der Waals surface area contributed by atoms with Gasteiger partial charge in [0.1, 0.15) is 5.82 Å². The third-order valence-corrected chi connectivity index (χ3v) is 5.50. The van der Waals surface area contributed by atoms with Crippen molar-refractivity contribution in [3.63, 3.8) is 0 Å². The third kappa shape index (κ3) is 5.22. The van der Waals surface area contributed by atoms with E-state index in [-0.39, 0.29) is 11.5 Å². The summed E-state index contributed by atoms with van der Waals surface area (Å²) in [5.74, 6) is -1.57. The Hall–Kier alpha value is -3.91. The van der Waals surface area contributed by atoms with Crippen LogP contribution in [0.15, 0.2) is 101 Å². The minimum absolute atomic E-state index is 0.129. The van der Waals surface area contributed by atoms with E-state index >= 15 is 0 Å². The zero-order chi connectivity index (χ0) is 22.3. The second-order valence-corrected chi connectivity index (χ2v) is 7.78. The van der Waals surface area contributed by atoms with Crippen molar-refractivity contribution in [3.8, 4) is 5.69 Å². The van der Waals surface area contributed by atoms with Gasteiger partial charge in [-0.15, -0.1) is 0 Å². The molecule has 1 N–H and O–H groups in total.